The zero-order chi connectivity index (χ0) is 13.1. The van der Waals surface area contributed by atoms with Crippen LogP contribution in [0.3, 0.4) is 0 Å². The Labute approximate surface area is 120 Å². The first kappa shape index (κ1) is 13.3. The molecule has 3 heteroatoms. The van der Waals surface area contributed by atoms with Crippen LogP contribution in [0.4, 0.5) is 0 Å². The van der Waals surface area contributed by atoms with Crippen molar-refractivity contribution < 1.29 is 4.74 Å². The van der Waals surface area contributed by atoms with Gasteiger partial charge in [-0.15, -0.1) is 11.6 Å². The van der Waals surface area contributed by atoms with Gasteiger partial charge >= 0.3 is 0 Å². The lowest BCUT2D eigenvalue weighted by atomic mass is 9.92. The number of nitrogens with one attached hydrogen (secondary N) is 1. The summed E-state index contributed by atoms with van der Waals surface area (Å²) in [5.41, 5.74) is 1.36. The number of halogens is 1. The third-order valence-electron chi connectivity index (χ3n) is 4.57. The normalized spacial score (nSPS) is 29.8. The molecular formula is C16H22ClNO. The Balaban J connectivity index is 1.62. The Hall–Kier alpha value is -0.730. The molecule has 3 rings (SSSR count). The molecule has 1 aliphatic carbocycles. The summed E-state index contributed by atoms with van der Waals surface area (Å²) >= 11 is 6.05. The molecule has 1 aromatic rings. The molecule has 0 bridgehead atoms. The first-order chi connectivity index (χ1) is 9.38. The second kappa shape index (κ2) is 6.15. The summed E-state index contributed by atoms with van der Waals surface area (Å²) in [6.07, 6.45) is 5.00. The summed E-state index contributed by atoms with van der Waals surface area (Å²) in [5, 5.41) is 3.75. The van der Waals surface area contributed by atoms with Gasteiger partial charge in [-0.05, 0) is 36.8 Å². The highest BCUT2D eigenvalue weighted by Crippen LogP contribution is 2.33. The van der Waals surface area contributed by atoms with Crippen LogP contribution in [0, 0.1) is 5.92 Å². The van der Waals surface area contributed by atoms with Gasteiger partial charge in [-0.2, -0.15) is 0 Å². The fraction of sp³-hybridized carbons (Fsp3) is 0.625. The van der Waals surface area contributed by atoms with Crippen LogP contribution in [-0.4, -0.2) is 25.1 Å². The smallest absolute Gasteiger partial charge is 0.122 e. The molecule has 3 atom stereocenters. The van der Waals surface area contributed by atoms with E-state index >= 15 is 0 Å². The number of rotatable bonds is 4. The van der Waals surface area contributed by atoms with Crippen LogP contribution in [0.15, 0.2) is 24.3 Å². The van der Waals surface area contributed by atoms with E-state index in [4.69, 9.17) is 16.3 Å². The van der Waals surface area contributed by atoms with Crippen molar-refractivity contribution in [3.63, 3.8) is 0 Å². The highest BCUT2D eigenvalue weighted by atomic mass is 35.5. The van der Waals surface area contributed by atoms with Crippen LogP contribution in [0.25, 0.3) is 0 Å². The number of benzene rings is 1. The molecule has 0 radical (unpaired) electrons. The average Bonchev–Trinajstić information content (AvgIpc) is 2.92. The predicted molar refractivity (Wildman–Crippen MR) is 79.1 cm³/mol. The highest BCUT2D eigenvalue weighted by Gasteiger charge is 2.28. The molecule has 19 heavy (non-hydrogen) atoms. The number of ether oxygens (including phenoxy) is 1. The molecule has 1 aliphatic heterocycles. The molecule has 1 saturated carbocycles. The van der Waals surface area contributed by atoms with E-state index in [1.807, 2.05) is 0 Å². The molecule has 1 aromatic carbocycles. The lowest BCUT2D eigenvalue weighted by Gasteiger charge is -2.28. The Morgan fingerprint density at radius 2 is 2.11 bits per heavy atom. The maximum atomic E-state index is 6.05. The van der Waals surface area contributed by atoms with E-state index in [1.165, 1.54) is 24.8 Å². The second-order valence-corrected chi connectivity index (χ2v) is 6.04. The fourth-order valence-electron chi connectivity index (χ4n) is 3.41. The Kier molecular flexibility index (Phi) is 4.29. The minimum absolute atomic E-state index is 0.585. The summed E-state index contributed by atoms with van der Waals surface area (Å²) in [6.45, 7) is 1.89. The van der Waals surface area contributed by atoms with E-state index < -0.39 is 0 Å². The molecule has 0 saturated heterocycles. The molecular weight excluding hydrogens is 258 g/mol. The molecule has 0 amide bonds. The van der Waals surface area contributed by atoms with Crippen LogP contribution in [0.5, 0.6) is 5.75 Å². The number of para-hydroxylation sites is 1. The second-order valence-electron chi connectivity index (χ2n) is 5.73. The van der Waals surface area contributed by atoms with Gasteiger partial charge in [0.1, 0.15) is 5.75 Å². The van der Waals surface area contributed by atoms with Crippen molar-refractivity contribution in [3.8, 4) is 5.75 Å². The van der Waals surface area contributed by atoms with Crippen molar-refractivity contribution in [2.75, 3.05) is 19.0 Å². The fourth-order valence-corrected chi connectivity index (χ4v) is 3.78. The van der Waals surface area contributed by atoms with Gasteiger partial charge in [-0.3, -0.25) is 0 Å². The topological polar surface area (TPSA) is 21.3 Å². The zero-order valence-electron chi connectivity index (χ0n) is 11.3. The first-order valence-electron chi connectivity index (χ1n) is 7.39. The Morgan fingerprint density at radius 3 is 3.00 bits per heavy atom. The van der Waals surface area contributed by atoms with Gasteiger partial charge in [0.2, 0.25) is 0 Å². The van der Waals surface area contributed by atoms with Crippen molar-refractivity contribution in [2.24, 2.45) is 5.92 Å². The van der Waals surface area contributed by atoms with Crippen LogP contribution >= 0.6 is 11.6 Å². The van der Waals surface area contributed by atoms with Gasteiger partial charge in [0.15, 0.2) is 0 Å². The molecule has 1 heterocycles. The minimum Gasteiger partial charge on any atom is -0.493 e. The molecule has 2 nitrogen and oxygen atoms in total. The van der Waals surface area contributed by atoms with Crippen molar-refractivity contribution >= 4 is 11.6 Å². The summed E-state index contributed by atoms with van der Waals surface area (Å²) in [7, 11) is 0. The minimum atomic E-state index is 0.585. The molecule has 0 spiro atoms. The average molecular weight is 280 g/mol. The molecule has 104 valence electrons. The SMILES string of the molecule is ClCC1CCCC1NCC1CCOc2ccccc21. The lowest BCUT2D eigenvalue weighted by molar-refractivity contribution is 0.260. The Morgan fingerprint density at radius 1 is 1.21 bits per heavy atom. The molecule has 1 N–H and O–H groups in total. The quantitative estimate of drug-likeness (QED) is 0.851. The number of hydrogen-bond donors (Lipinski definition) is 1. The van der Waals surface area contributed by atoms with Crippen molar-refractivity contribution in [1.29, 1.82) is 0 Å². The van der Waals surface area contributed by atoms with Gasteiger partial charge in [0, 0.05) is 24.4 Å². The standard InChI is InChI=1S/C16H22ClNO/c17-10-12-4-3-6-15(12)18-11-13-8-9-19-16-7-2-1-5-14(13)16/h1-2,5,7,12-13,15,18H,3-4,6,8-11H2. The third-order valence-corrected chi connectivity index (χ3v) is 4.96. The van der Waals surface area contributed by atoms with Gasteiger partial charge in [-0.25, -0.2) is 0 Å². The van der Waals surface area contributed by atoms with E-state index in [9.17, 15) is 0 Å². The monoisotopic (exact) mass is 279 g/mol. The zero-order valence-corrected chi connectivity index (χ0v) is 12.0. The predicted octanol–water partition coefficient (Wildman–Crippen LogP) is 3.55. The first-order valence-corrected chi connectivity index (χ1v) is 7.93. The van der Waals surface area contributed by atoms with Crippen molar-refractivity contribution in [3.05, 3.63) is 29.8 Å². The molecule has 2 aliphatic rings. The lowest BCUT2D eigenvalue weighted by Crippen LogP contribution is -2.37. The van der Waals surface area contributed by atoms with E-state index in [-0.39, 0.29) is 0 Å². The van der Waals surface area contributed by atoms with Crippen molar-refractivity contribution in [1.82, 2.24) is 5.32 Å². The molecule has 1 fully saturated rings. The summed E-state index contributed by atoms with van der Waals surface area (Å²) < 4.78 is 5.72. The highest BCUT2D eigenvalue weighted by molar-refractivity contribution is 6.18. The van der Waals surface area contributed by atoms with Gasteiger partial charge in [-0.1, -0.05) is 24.6 Å². The number of hydrogen-bond acceptors (Lipinski definition) is 2. The maximum absolute atomic E-state index is 6.05. The maximum Gasteiger partial charge on any atom is 0.122 e. The molecule has 0 aromatic heterocycles. The number of fused-ring (bicyclic) bond motifs is 1. The van der Waals surface area contributed by atoms with Crippen LogP contribution in [0.2, 0.25) is 0 Å². The summed E-state index contributed by atoms with van der Waals surface area (Å²) in [5.74, 6) is 3.11. The van der Waals surface area contributed by atoms with Gasteiger partial charge in [0.05, 0.1) is 6.61 Å². The van der Waals surface area contributed by atoms with E-state index in [0.29, 0.717) is 17.9 Å². The van der Waals surface area contributed by atoms with Crippen molar-refractivity contribution in [2.45, 2.75) is 37.6 Å². The van der Waals surface area contributed by atoms with E-state index in [2.05, 4.69) is 29.6 Å². The van der Waals surface area contributed by atoms with Crippen LogP contribution < -0.4 is 10.1 Å². The van der Waals surface area contributed by atoms with Gasteiger partial charge < -0.3 is 10.1 Å². The van der Waals surface area contributed by atoms with E-state index in [0.717, 1.165) is 31.2 Å². The third kappa shape index (κ3) is 2.90. The summed E-state index contributed by atoms with van der Waals surface area (Å²) in [4.78, 5) is 0. The van der Waals surface area contributed by atoms with E-state index in [1.54, 1.807) is 0 Å². The largest absolute Gasteiger partial charge is 0.493 e. The number of alkyl halides is 1. The molecule has 3 unspecified atom stereocenters. The van der Waals surface area contributed by atoms with Crippen LogP contribution in [0.1, 0.15) is 37.2 Å². The Bertz CT molecular complexity index is 423. The van der Waals surface area contributed by atoms with Crippen LogP contribution in [-0.2, 0) is 0 Å². The van der Waals surface area contributed by atoms with Gasteiger partial charge in [0.25, 0.3) is 0 Å². The summed E-state index contributed by atoms with van der Waals surface area (Å²) in [6, 6.07) is 9.06.